The van der Waals surface area contributed by atoms with Gasteiger partial charge in [0.2, 0.25) is 0 Å². The molecule has 1 aromatic heterocycles. The first-order valence-corrected chi connectivity index (χ1v) is 9.42. The molecule has 0 saturated carbocycles. The van der Waals surface area contributed by atoms with Gasteiger partial charge >= 0.3 is 0 Å². The normalized spacial score (nSPS) is 20.4. The Morgan fingerprint density at radius 3 is 2.69 bits per heavy atom. The van der Waals surface area contributed by atoms with Crippen molar-refractivity contribution in [3.05, 3.63) is 59.8 Å². The zero-order valence-corrected chi connectivity index (χ0v) is 15.0. The van der Waals surface area contributed by atoms with Crippen molar-refractivity contribution < 1.29 is 9.53 Å². The lowest BCUT2D eigenvalue weighted by atomic mass is 9.99. The molecule has 3 heterocycles. The highest BCUT2D eigenvalue weighted by molar-refractivity contribution is 5.99. The standard InChI is InChI=1S/C21H25N3O2/c25-21(19-7-4-9-22-20(19)23-11-13-26-14-12-23)24-10-8-18(16-24)15-17-5-2-1-3-6-17/h1-7,9,18H,8,10-16H2. The van der Waals surface area contributed by atoms with Crippen LogP contribution in [-0.4, -0.2) is 55.2 Å². The number of morpholine rings is 1. The van der Waals surface area contributed by atoms with Crippen molar-refractivity contribution in [2.45, 2.75) is 12.8 Å². The Balaban J connectivity index is 1.45. The maximum absolute atomic E-state index is 13.1. The third-order valence-corrected chi connectivity index (χ3v) is 5.27. The van der Waals surface area contributed by atoms with E-state index in [2.05, 4.69) is 34.1 Å². The summed E-state index contributed by atoms with van der Waals surface area (Å²) in [6.07, 6.45) is 3.87. The predicted molar refractivity (Wildman–Crippen MR) is 101 cm³/mol. The van der Waals surface area contributed by atoms with Crippen LogP contribution >= 0.6 is 0 Å². The lowest BCUT2D eigenvalue weighted by Gasteiger charge is -2.29. The largest absolute Gasteiger partial charge is 0.378 e. The zero-order valence-electron chi connectivity index (χ0n) is 15.0. The first-order chi connectivity index (χ1) is 12.8. The van der Waals surface area contributed by atoms with Gasteiger partial charge in [0.15, 0.2) is 0 Å². The maximum Gasteiger partial charge on any atom is 0.257 e. The van der Waals surface area contributed by atoms with Gasteiger partial charge in [0.05, 0.1) is 18.8 Å². The summed E-state index contributed by atoms with van der Waals surface area (Å²) in [7, 11) is 0. The highest BCUT2D eigenvalue weighted by atomic mass is 16.5. The minimum atomic E-state index is 0.107. The van der Waals surface area contributed by atoms with Crippen molar-refractivity contribution in [2.24, 2.45) is 5.92 Å². The van der Waals surface area contributed by atoms with Crippen LogP contribution in [0.4, 0.5) is 5.82 Å². The number of aromatic nitrogens is 1. The third kappa shape index (κ3) is 3.73. The van der Waals surface area contributed by atoms with Gasteiger partial charge in [0, 0.05) is 32.4 Å². The number of likely N-dealkylation sites (tertiary alicyclic amines) is 1. The summed E-state index contributed by atoms with van der Waals surface area (Å²) in [5.74, 6) is 1.44. The molecular formula is C21H25N3O2. The van der Waals surface area contributed by atoms with Crippen molar-refractivity contribution in [1.82, 2.24) is 9.88 Å². The molecule has 2 aliphatic heterocycles. The maximum atomic E-state index is 13.1. The summed E-state index contributed by atoms with van der Waals surface area (Å²) in [5, 5.41) is 0. The molecule has 0 radical (unpaired) electrons. The number of hydrogen-bond donors (Lipinski definition) is 0. The van der Waals surface area contributed by atoms with E-state index in [0.29, 0.717) is 19.1 Å². The summed E-state index contributed by atoms with van der Waals surface area (Å²) in [5.41, 5.74) is 2.07. The molecule has 2 aromatic rings. The number of carbonyl (C=O) groups is 1. The molecule has 5 nitrogen and oxygen atoms in total. The van der Waals surface area contributed by atoms with E-state index in [0.717, 1.165) is 50.4 Å². The number of amides is 1. The van der Waals surface area contributed by atoms with Crippen LogP contribution in [-0.2, 0) is 11.2 Å². The van der Waals surface area contributed by atoms with E-state index >= 15 is 0 Å². The molecule has 0 N–H and O–H groups in total. The Labute approximate surface area is 154 Å². The van der Waals surface area contributed by atoms with Gasteiger partial charge in [-0.1, -0.05) is 30.3 Å². The summed E-state index contributed by atoms with van der Waals surface area (Å²) >= 11 is 0. The topological polar surface area (TPSA) is 45.7 Å². The first-order valence-electron chi connectivity index (χ1n) is 9.42. The van der Waals surface area contributed by atoms with Crippen LogP contribution in [0.2, 0.25) is 0 Å². The Kier molecular flexibility index (Phi) is 5.16. The van der Waals surface area contributed by atoms with Crippen LogP contribution in [0.1, 0.15) is 22.3 Å². The van der Waals surface area contributed by atoms with Crippen LogP contribution in [0, 0.1) is 5.92 Å². The van der Waals surface area contributed by atoms with Crippen LogP contribution in [0.3, 0.4) is 0 Å². The van der Waals surface area contributed by atoms with E-state index in [4.69, 9.17) is 4.74 Å². The highest BCUT2D eigenvalue weighted by Crippen LogP contribution is 2.25. The summed E-state index contributed by atoms with van der Waals surface area (Å²) in [6.45, 7) is 4.60. The molecule has 136 valence electrons. The Morgan fingerprint density at radius 1 is 1.08 bits per heavy atom. The Morgan fingerprint density at radius 2 is 1.88 bits per heavy atom. The van der Waals surface area contributed by atoms with Gasteiger partial charge in [-0.05, 0) is 36.5 Å². The number of ether oxygens (including phenoxy) is 1. The monoisotopic (exact) mass is 351 g/mol. The second-order valence-corrected chi connectivity index (χ2v) is 7.07. The quantitative estimate of drug-likeness (QED) is 0.849. The van der Waals surface area contributed by atoms with Gasteiger partial charge in [-0.25, -0.2) is 4.98 Å². The molecule has 1 unspecified atom stereocenters. The average molecular weight is 351 g/mol. The molecule has 4 rings (SSSR count). The number of anilines is 1. The lowest BCUT2D eigenvalue weighted by molar-refractivity contribution is 0.0786. The van der Waals surface area contributed by atoms with Gasteiger partial charge in [-0.2, -0.15) is 0 Å². The van der Waals surface area contributed by atoms with Gasteiger partial charge in [0.25, 0.3) is 5.91 Å². The predicted octanol–water partition coefficient (Wildman–Crippen LogP) is 2.62. The van der Waals surface area contributed by atoms with Gasteiger partial charge in [0.1, 0.15) is 5.82 Å². The molecule has 1 aromatic carbocycles. The molecule has 5 heteroatoms. The van der Waals surface area contributed by atoms with Crippen molar-refractivity contribution in [2.75, 3.05) is 44.3 Å². The van der Waals surface area contributed by atoms with Crippen molar-refractivity contribution in [1.29, 1.82) is 0 Å². The third-order valence-electron chi connectivity index (χ3n) is 5.27. The molecule has 0 bridgehead atoms. The fourth-order valence-electron chi connectivity index (χ4n) is 3.89. The number of pyridine rings is 1. The van der Waals surface area contributed by atoms with E-state index in [9.17, 15) is 4.79 Å². The summed E-state index contributed by atoms with van der Waals surface area (Å²) in [4.78, 5) is 21.8. The number of benzene rings is 1. The highest BCUT2D eigenvalue weighted by Gasteiger charge is 2.29. The van der Waals surface area contributed by atoms with Gasteiger partial charge in [-0.15, -0.1) is 0 Å². The lowest BCUT2D eigenvalue weighted by Crippen LogP contribution is -2.39. The van der Waals surface area contributed by atoms with E-state index in [1.54, 1.807) is 6.20 Å². The first kappa shape index (κ1) is 17.0. The number of hydrogen-bond acceptors (Lipinski definition) is 4. The molecule has 0 spiro atoms. The van der Waals surface area contributed by atoms with Crippen LogP contribution in [0.25, 0.3) is 0 Å². The second kappa shape index (κ2) is 7.87. The Bertz CT molecular complexity index is 744. The fourth-order valence-corrected chi connectivity index (χ4v) is 3.89. The average Bonchev–Trinajstić information content (AvgIpc) is 3.17. The molecule has 0 aliphatic carbocycles. The molecule has 26 heavy (non-hydrogen) atoms. The van der Waals surface area contributed by atoms with Crippen molar-refractivity contribution in [3.8, 4) is 0 Å². The van der Waals surface area contributed by atoms with Crippen LogP contribution in [0.15, 0.2) is 48.7 Å². The van der Waals surface area contributed by atoms with E-state index in [1.165, 1.54) is 5.56 Å². The van der Waals surface area contributed by atoms with Crippen LogP contribution in [0.5, 0.6) is 0 Å². The van der Waals surface area contributed by atoms with E-state index < -0.39 is 0 Å². The summed E-state index contributed by atoms with van der Waals surface area (Å²) in [6, 6.07) is 14.3. The second-order valence-electron chi connectivity index (χ2n) is 7.07. The van der Waals surface area contributed by atoms with Crippen molar-refractivity contribution in [3.63, 3.8) is 0 Å². The molecule has 2 fully saturated rings. The minimum Gasteiger partial charge on any atom is -0.378 e. The molecule has 1 atom stereocenters. The molecule has 2 aliphatic rings. The SMILES string of the molecule is O=C(c1cccnc1N1CCOCC1)N1CCC(Cc2ccccc2)C1. The van der Waals surface area contributed by atoms with Crippen LogP contribution < -0.4 is 4.90 Å². The van der Waals surface area contributed by atoms with Gasteiger partial charge < -0.3 is 14.5 Å². The summed E-state index contributed by atoms with van der Waals surface area (Å²) < 4.78 is 5.43. The van der Waals surface area contributed by atoms with Gasteiger partial charge in [-0.3, -0.25) is 4.79 Å². The molecule has 1 amide bonds. The Hall–Kier alpha value is -2.40. The number of carbonyl (C=O) groups excluding carboxylic acids is 1. The minimum absolute atomic E-state index is 0.107. The smallest absolute Gasteiger partial charge is 0.257 e. The zero-order chi connectivity index (χ0) is 17.8. The van der Waals surface area contributed by atoms with Crippen molar-refractivity contribution >= 4 is 11.7 Å². The fraction of sp³-hybridized carbons (Fsp3) is 0.429. The molecule has 2 saturated heterocycles. The number of rotatable bonds is 4. The van der Waals surface area contributed by atoms with E-state index in [-0.39, 0.29) is 5.91 Å². The molecular weight excluding hydrogens is 326 g/mol. The number of nitrogens with zero attached hydrogens (tertiary/aromatic N) is 3. The van der Waals surface area contributed by atoms with E-state index in [1.807, 2.05) is 23.1 Å².